The van der Waals surface area contributed by atoms with Gasteiger partial charge in [0.1, 0.15) is 5.75 Å². The van der Waals surface area contributed by atoms with Crippen LogP contribution < -0.4 is 0 Å². The lowest BCUT2D eigenvalue weighted by Gasteiger charge is -1.87. The molecule has 0 radical (unpaired) electrons. The molecule has 3 rings (SSSR count). The van der Waals surface area contributed by atoms with E-state index in [4.69, 9.17) is 4.42 Å². The van der Waals surface area contributed by atoms with Gasteiger partial charge in [-0.25, -0.2) is 4.98 Å². The lowest BCUT2D eigenvalue weighted by molar-refractivity contribution is 0.476. The number of benzene rings is 1. The number of nitrogens with zero attached hydrogens (tertiary/aromatic N) is 1. The lowest BCUT2D eigenvalue weighted by atomic mass is 10.3. The Balaban J connectivity index is 2.22. The molecular weight excluding hydrogens is 210 g/mol. The Morgan fingerprint density at radius 3 is 3.00 bits per heavy atom. The molecule has 15 heavy (non-hydrogen) atoms. The van der Waals surface area contributed by atoms with Crippen molar-refractivity contribution in [3.8, 4) is 16.5 Å². The first kappa shape index (κ1) is 8.49. The van der Waals surface area contributed by atoms with E-state index in [0.717, 1.165) is 21.0 Å². The van der Waals surface area contributed by atoms with E-state index in [9.17, 15) is 5.11 Å². The summed E-state index contributed by atoms with van der Waals surface area (Å²) >= 11 is 1.50. The van der Waals surface area contributed by atoms with Crippen LogP contribution in [0.25, 0.3) is 21.0 Å². The summed E-state index contributed by atoms with van der Waals surface area (Å²) in [5.74, 6) is 1.02. The topological polar surface area (TPSA) is 46.3 Å². The van der Waals surface area contributed by atoms with Crippen molar-refractivity contribution in [3.63, 3.8) is 0 Å². The zero-order chi connectivity index (χ0) is 10.3. The first-order valence-corrected chi connectivity index (χ1v) is 5.28. The Bertz CT molecular complexity index is 598. The van der Waals surface area contributed by atoms with Gasteiger partial charge >= 0.3 is 0 Å². The van der Waals surface area contributed by atoms with Crippen molar-refractivity contribution < 1.29 is 9.52 Å². The molecule has 0 spiro atoms. The summed E-state index contributed by atoms with van der Waals surface area (Å²) in [5, 5.41) is 10.2. The molecule has 0 aliphatic heterocycles. The van der Waals surface area contributed by atoms with Gasteiger partial charge in [-0.1, -0.05) is 0 Å². The highest BCUT2D eigenvalue weighted by molar-refractivity contribution is 7.21. The number of rotatable bonds is 1. The number of phenolic OH excluding ortho intramolecular Hbond substituents is 1. The molecule has 0 amide bonds. The number of hydrogen-bond acceptors (Lipinski definition) is 4. The molecule has 0 aliphatic rings. The van der Waals surface area contributed by atoms with Gasteiger partial charge < -0.3 is 9.52 Å². The van der Waals surface area contributed by atoms with Crippen LogP contribution in [0.4, 0.5) is 0 Å². The number of furan rings is 1. The SMILES string of the molecule is Oc1ccc2nc(-c3ccco3)sc2c1. The third-order valence-electron chi connectivity index (χ3n) is 2.10. The number of aromatic nitrogens is 1. The number of fused-ring (bicyclic) bond motifs is 1. The fraction of sp³-hybridized carbons (Fsp3) is 0. The van der Waals surface area contributed by atoms with Gasteiger partial charge in [-0.15, -0.1) is 11.3 Å². The smallest absolute Gasteiger partial charge is 0.162 e. The van der Waals surface area contributed by atoms with Crippen LogP contribution in [0.15, 0.2) is 41.0 Å². The summed E-state index contributed by atoms with van der Waals surface area (Å²) in [6, 6.07) is 8.84. The number of phenols is 1. The molecule has 3 aromatic rings. The Hall–Kier alpha value is -1.81. The van der Waals surface area contributed by atoms with E-state index in [2.05, 4.69) is 4.98 Å². The molecule has 1 aromatic carbocycles. The van der Waals surface area contributed by atoms with Gasteiger partial charge in [-0.2, -0.15) is 0 Å². The van der Waals surface area contributed by atoms with Gasteiger partial charge in [0.05, 0.1) is 16.5 Å². The van der Waals surface area contributed by atoms with Gasteiger partial charge in [0.25, 0.3) is 0 Å². The van der Waals surface area contributed by atoms with Crippen molar-refractivity contribution in [2.45, 2.75) is 0 Å². The van der Waals surface area contributed by atoms with E-state index in [0.29, 0.717) is 0 Å². The van der Waals surface area contributed by atoms with E-state index >= 15 is 0 Å². The first-order chi connectivity index (χ1) is 7.33. The highest BCUT2D eigenvalue weighted by Crippen LogP contribution is 2.31. The maximum atomic E-state index is 9.33. The first-order valence-electron chi connectivity index (χ1n) is 4.46. The molecule has 2 aromatic heterocycles. The second-order valence-corrected chi connectivity index (χ2v) is 4.18. The van der Waals surface area contributed by atoms with E-state index in [-0.39, 0.29) is 5.75 Å². The summed E-state index contributed by atoms with van der Waals surface area (Å²) in [7, 11) is 0. The third-order valence-corrected chi connectivity index (χ3v) is 3.14. The van der Waals surface area contributed by atoms with Crippen LogP contribution in [-0.4, -0.2) is 10.1 Å². The second-order valence-electron chi connectivity index (χ2n) is 3.15. The van der Waals surface area contributed by atoms with Crippen LogP contribution >= 0.6 is 11.3 Å². The molecule has 4 heteroatoms. The highest BCUT2D eigenvalue weighted by Gasteiger charge is 2.08. The molecule has 0 fully saturated rings. The Morgan fingerprint density at radius 2 is 2.20 bits per heavy atom. The van der Waals surface area contributed by atoms with Crippen molar-refractivity contribution in [1.82, 2.24) is 4.98 Å². The zero-order valence-corrected chi connectivity index (χ0v) is 8.49. The molecule has 0 saturated heterocycles. The van der Waals surface area contributed by atoms with Crippen molar-refractivity contribution >= 4 is 21.6 Å². The van der Waals surface area contributed by atoms with Crippen LogP contribution in [0.3, 0.4) is 0 Å². The standard InChI is InChI=1S/C11H7NO2S/c13-7-3-4-8-10(6-7)15-11(12-8)9-2-1-5-14-9/h1-6,13H. The van der Waals surface area contributed by atoms with Crippen molar-refractivity contribution in [3.05, 3.63) is 36.6 Å². The minimum Gasteiger partial charge on any atom is -0.508 e. The fourth-order valence-corrected chi connectivity index (χ4v) is 2.39. The van der Waals surface area contributed by atoms with Crippen LogP contribution in [0.2, 0.25) is 0 Å². The Morgan fingerprint density at radius 1 is 1.27 bits per heavy atom. The molecule has 0 saturated carbocycles. The van der Waals surface area contributed by atoms with Crippen molar-refractivity contribution in [2.24, 2.45) is 0 Å². The van der Waals surface area contributed by atoms with Crippen LogP contribution in [0.1, 0.15) is 0 Å². The molecule has 74 valence electrons. The molecule has 0 atom stereocenters. The molecule has 2 heterocycles. The summed E-state index contributed by atoms with van der Waals surface area (Å²) in [4.78, 5) is 4.41. The Kier molecular flexibility index (Phi) is 1.76. The monoisotopic (exact) mass is 217 g/mol. The maximum Gasteiger partial charge on any atom is 0.162 e. The highest BCUT2D eigenvalue weighted by atomic mass is 32.1. The largest absolute Gasteiger partial charge is 0.508 e. The van der Waals surface area contributed by atoms with E-state index < -0.39 is 0 Å². The molecule has 1 N–H and O–H groups in total. The molecule has 3 nitrogen and oxygen atoms in total. The van der Waals surface area contributed by atoms with Gasteiger partial charge in [-0.05, 0) is 30.3 Å². The van der Waals surface area contributed by atoms with E-state index in [1.165, 1.54) is 11.3 Å². The minimum atomic E-state index is 0.261. The predicted molar refractivity (Wildman–Crippen MR) is 59.0 cm³/mol. The van der Waals surface area contributed by atoms with E-state index in [1.54, 1.807) is 24.5 Å². The summed E-state index contributed by atoms with van der Waals surface area (Å²) < 4.78 is 6.22. The summed E-state index contributed by atoms with van der Waals surface area (Å²) in [6.07, 6.45) is 1.62. The lowest BCUT2D eigenvalue weighted by Crippen LogP contribution is -1.69. The average Bonchev–Trinajstić information content (AvgIpc) is 2.84. The van der Waals surface area contributed by atoms with Crippen LogP contribution in [-0.2, 0) is 0 Å². The van der Waals surface area contributed by atoms with Crippen LogP contribution in [0.5, 0.6) is 5.75 Å². The molecule has 0 aliphatic carbocycles. The number of aromatic hydroxyl groups is 1. The quantitative estimate of drug-likeness (QED) is 0.680. The minimum absolute atomic E-state index is 0.261. The fourth-order valence-electron chi connectivity index (χ4n) is 1.42. The van der Waals surface area contributed by atoms with Gasteiger partial charge in [0.15, 0.2) is 10.8 Å². The summed E-state index contributed by atoms with van der Waals surface area (Å²) in [6.45, 7) is 0. The predicted octanol–water partition coefficient (Wildman–Crippen LogP) is 3.26. The molecule has 0 bridgehead atoms. The maximum absolute atomic E-state index is 9.33. The number of thiazole rings is 1. The average molecular weight is 217 g/mol. The third kappa shape index (κ3) is 1.39. The normalized spacial score (nSPS) is 10.9. The van der Waals surface area contributed by atoms with Crippen molar-refractivity contribution in [2.75, 3.05) is 0 Å². The molecular formula is C11H7NO2S. The number of hydrogen-bond donors (Lipinski definition) is 1. The second kappa shape index (κ2) is 3.10. The van der Waals surface area contributed by atoms with Crippen LogP contribution in [0, 0.1) is 0 Å². The molecule has 0 unspecified atom stereocenters. The van der Waals surface area contributed by atoms with Gasteiger partial charge in [-0.3, -0.25) is 0 Å². The van der Waals surface area contributed by atoms with Crippen molar-refractivity contribution in [1.29, 1.82) is 0 Å². The van der Waals surface area contributed by atoms with Gasteiger partial charge in [0, 0.05) is 0 Å². The summed E-state index contributed by atoms with van der Waals surface area (Å²) in [5.41, 5.74) is 0.879. The Labute approximate surface area is 89.6 Å². The zero-order valence-electron chi connectivity index (χ0n) is 7.68. The van der Waals surface area contributed by atoms with E-state index in [1.807, 2.05) is 12.1 Å². The van der Waals surface area contributed by atoms with Gasteiger partial charge in [0.2, 0.25) is 0 Å².